The molecule has 38 heavy (non-hydrogen) atoms. The van der Waals surface area contributed by atoms with Crippen LogP contribution in [0.3, 0.4) is 0 Å². The normalized spacial score (nSPS) is 11.1. The summed E-state index contributed by atoms with van der Waals surface area (Å²) in [5.41, 5.74) is 1.65. The molecular formula is C29H19Cl2N3O4. The highest BCUT2D eigenvalue weighted by Gasteiger charge is 2.16. The molecule has 7 nitrogen and oxygen atoms in total. The van der Waals surface area contributed by atoms with Crippen LogP contribution in [0.1, 0.15) is 15.9 Å². The number of fused-ring (bicyclic) bond motifs is 1. The van der Waals surface area contributed by atoms with Crippen molar-refractivity contribution in [1.29, 1.82) is 0 Å². The molecule has 5 rings (SSSR count). The van der Waals surface area contributed by atoms with Crippen LogP contribution in [0, 0.1) is 0 Å². The van der Waals surface area contributed by atoms with Gasteiger partial charge in [-0.05, 0) is 66.2 Å². The molecule has 9 heteroatoms. The molecule has 0 fully saturated rings. The molecule has 188 valence electrons. The topological polar surface area (TPSA) is 82.8 Å². The van der Waals surface area contributed by atoms with Gasteiger partial charge in [-0.1, -0.05) is 53.5 Å². The maximum Gasteiger partial charge on any atom is 0.343 e. The van der Waals surface area contributed by atoms with Gasteiger partial charge >= 0.3 is 5.97 Å². The summed E-state index contributed by atoms with van der Waals surface area (Å²) in [5.74, 6) is 0.315. The molecule has 0 aliphatic heterocycles. The van der Waals surface area contributed by atoms with Crippen molar-refractivity contribution in [1.82, 2.24) is 9.66 Å². The van der Waals surface area contributed by atoms with Crippen molar-refractivity contribution in [2.24, 2.45) is 5.10 Å². The van der Waals surface area contributed by atoms with Gasteiger partial charge in [-0.2, -0.15) is 9.78 Å². The molecule has 5 aromatic rings. The van der Waals surface area contributed by atoms with E-state index in [2.05, 4.69) is 10.1 Å². The molecule has 0 bridgehead atoms. The van der Waals surface area contributed by atoms with E-state index in [1.54, 1.807) is 84.9 Å². The van der Waals surface area contributed by atoms with Crippen LogP contribution >= 0.6 is 23.2 Å². The molecule has 0 unspecified atom stereocenters. The predicted molar refractivity (Wildman–Crippen MR) is 149 cm³/mol. The van der Waals surface area contributed by atoms with Crippen LogP contribution < -0.4 is 15.0 Å². The molecule has 0 amide bonds. The first-order valence-corrected chi connectivity index (χ1v) is 12.2. The molecule has 0 spiro atoms. The summed E-state index contributed by atoms with van der Waals surface area (Å²) in [6.07, 6.45) is 1.48. The van der Waals surface area contributed by atoms with E-state index in [9.17, 15) is 9.59 Å². The fraction of sp³-hybridized carbons (Fsp3) is 0.0345. The van der Waals surface area contributed by atoms with E-state index in [4.69, 9.17) is 32.7 Å². The van der Waals surface area contributed by atoms with E-state index in [1.165, 1.54) is 18.0 Å². The average molecular weight is 544 g/mol. The monoisotopic (exact) mass is 543 g/mol. The van der Waals surface area contributed by atoms with Crippen LogP contribution in [0.5, 0.6) is 11.5 Å². The Morgan fingerprint density at radius 3 is 2.45 bits per heavy atom. The van der Waals surface area contributed by atoms with E-state index in [0.29, 0.717) is 43.4 Å². The van der Waals surface area contributed by atoms with E-state index in [-0.39, 0.29) is 17.1 Å². The van der Waals surface area contributed by atoms with Gasteiger partial charge in [-0.3, -0.25) is 4.79 Å². The Morgan fingerprint density at radius 1 is 0.921 bits per heavy atom. The van der Waals surface area contributed by atoms with Crippen molar-refractivity contribution in [3.8, 4) is 22.9 Å². The van der Waals surface area contributed by atoms with Crippen molar-refractivity contribution in [3.63, 3.8) is 0 Å². The summed E-state index contributed by atoms with van der Waals surface area (Å²) in [6, 6.07) is 25.5. The zero-order valence-corrected chi connectivity index (χ0v) is 21.5. The van der Waals surface area contributed by atoms with Crippen LogP contribution in [-0.4, -0.2) is 29.0 Å². The van der Waals surface area contributed by atoms with E-state index in [0.717, 1.165) is 0 Å². The van der Waals surface area contributed by atoms with Gasteiger partial charge < -0.3 is 9.47 Å². The van der Waals surface area contributed by atoms with Crippen molar-refractivity contribution in [2.75, 3.05) is 7.11 Å². The number of ether oxygens (including phenoxy) is 2. The number of rotatable bonds is 6. The summed E-state index contributed by atoms with van der Waals surface area (Å²) >= 11 is 12.5. The minimum atomic E-state index is -0.511. The molecule has 0 N–H and O–H groups in total. The number of hydrogen-bond donors (Lipinski definition) is 0. The third kappa shape index (κ3) is 5.16. The molecule has 1 aromatic heterocycles. The Morgan fingerprint density at radius 2 is 1.68 bits per heavy atom. The molecular weight excluding hydrogens is 525 g/mol. The van der Waals surface area contributed by atoms with Crippen LogP contribution in [0.2, 0.25) is 10.0 Å². The molecule has 1 heterocycles. The second-order valence-electron chi connectivity index (χ2n) is 8.10. The van der Waals surface area contributed by atoms with Crippen LogP contribution in [0.4, 0.5) is 0 Å². The van der Waals surface area contributed by atoms with Gasteiger partial charge in [0, 0.05) is 10.6 Å². The van der Waals surface area contributed by atoms with Crippen molar-refractivity contribution in [3.05, 3.63) is 123 Å². The Labute approximate surface area is 227 Å². The Bertz CT molecular complexity index is 1750. The highest BCUT2D eigenvalue weighted by Crippen LogP contribution is 2.30. The van der Waals surface area contributed by atoms with Gasteiger partial charge in [0.2, 0.25) is 0 Å². The number of carbonyl (C=O) groups is 1. The first-order valence-electron chi connectivity index (χ1n) is 11.4. The number of para-hydroxylation sites is 1. The highest BCUT2D eigenvalue weighted by molar-refractivity contribution is 6.36. The minimum Gasteiger partial charge on any atom is -0.493 e. The van der Waals surface area contributed by atoms with Crippen LogP contribution in [0.15, 0.2) is 101 Å². The van der Waals surface area contributed by atoms with E-state index < -0.39 is 5.97 Å². The van der Waals surface area contributed by atoms with Crippen LogP contribution in [0.25, 0.3) is 22.3 Å². The smallest absolute Gasteiger partial charge is 0.343 e. The van der Waals surface area contributed by atoms with E-state index >= 15 is 0 Å². The number of methoxy groups -OCH3 is 1. The Kier molecular flexibility index (Phi) is 7.22. The molecule has 0 saturated heterocycles. The second-order valence-corrected chi connectivity index (χ2v) is 8.95. The largest absolute Gasteiger partial charge is 0.493 e. The van der Waals surface area contributed by atoms with Gasteiger partial charge in [-0.15, -0.1) is 0 Å². The van der Waals surface area contributed by atoms with Crippen molar-refractivity contribution < 1.29 is 14.3 Å². The molecule has 0 atom stereocenters. The maximum atomic E-state index is 13.4. The quantitative estimate of drug-likeness (QED) is 0.139. The molecule has 0 aliphatic rings. The predicted octanol–water partition coefficient (Wildman–Crippen LogP) is 6.48. The van der Waals surface area contributed by atoms with Crippen molar-refractivity contribution in [2.45, 2.75) is 0 Å². The van der Waals surface area contributed by atoms with Gasteiger partial charge in [-0.25, -0.2) is 9.78 Å². The van der Waals surface area contributed by atoms with Crippen LogP contribution in [-0.2, 0) is 0 Å². The standard InChI is InChI=1S/C29H19Cl2N3O4/c1-37-26-15-18(11-14-25(26)38-29(36)19-7-3-2-4-8-19)17-32-34-27(21-13-12-20(30)16-23(21)31)33-24-10-6-5-9-22(24)28(34)35/h2-17H,1H3. The maximum absolute atomic E-state index is 13.4. The summed E-state index contributed by atoms with van der Waals surface area (Å²) in [4.78, 5) is 30.5. The number of hydrogen-bond acceptors (Lipinski definition) is 6. The number of carbonyl (C=O) groups excluding carboxylic acids is 1. The molecule has 0 radical (unpaired) electrons. The number of aromatic nitrogens is 2. The van der Waals surface area contributed by atoms with Gasteiger partial charge in [0.05, 0.1) is 34.8 Å². The van der Waals surface area contributed by atoms with Gasteiger partial charge in [0.25, 0.3) is 5.56 Å². The number of nitrogens with zero attached hydrogens (tertiary/aromatic N) is 3. The van der Waals surface area contributed by atoms with E-state index in [1.807, 2.05) is 6.07 Å². The summed E-state index contributed by atoms with van der Waals surface area (Å²) in [5, 5.41) is 5.63. The first kappa shape index (κ1) is 25.2. The number of benzene rings is 4. The first-order chi connectivity index (χ1) is 18.4. The molecule has 0 saturated carbocycles. The van der Waals surface area contributed by atoms with Crippen molar-refractivity contribution >= 4 is 46.3 Å². The number of esters is 1. The Hall–Kier alpha value is -4.46. The SMILES string of the molecule is COc1cc(C=Nn2c(-c3ccc(Cl)cc3Cl)nc3ccccc3c2=O)ccc1OC(=O)c1ccccc1. The number of halogens is 2. The second kappa shape index (κ2) is 10.9. The lowest BCUT2D eigenvalue weighted by Gasteiger charge is -2.12. The van der Waals surface area contributed by atoms with Gasteiger partial charge in [0.15, 0.2) is 17.3 Å². The molecule has 4 aromatic carbocycles. The lowest BCUT2D eigenvalue weighted by Crippen LogP contribution is -2.20. The lowest BCUT2D eigenvalue weighted by molar-refractivity contribution is 0.0729. The highest BCUT2D eigenvalue weighted by atomic mass is 35.5. The average Bonchev–Trinajstić information content (AvgIpc) is 2.93. The fourth-order valence-electron chi connectivity index (χ4n) is 3.78. The summed E-state index contributed by atoms with van der Waals surface area (Å²) in [7, 11) is 1.47. The third-order valence-electron chi connectivity index (χ3n) is 5.65. The summed E-state index contributed by atoms with van der Waals surface area (Å²) < 4.78 is 12.1. The minimum absolute atomic E-state index is 0.247. The zero-order valence-electron chi connectivity index (χ0n) is 20.0. The van der Waals surface area contributed by atoms with Gasteiger partial charge in [0.1, 0.15) is 0 Å². The Balaban J connectivity index is 1.54. The third-order valence-corrected chi connectivity index (χ3v) is 6.20. The zero-order chi connectivity index (χ0) is 26.6. The molecule has 0 aliphatic carbocycles. The lowest BCUT2D eigenvalue weighted by atomic mass is 10.2. The summed E-state index contributed by atoms with van der Waals surface area (Å²) in [6.45, 7) is 0. The fourth-order valence-corrected chi connectivity index (χ4v) is 4.28.